The quantitative estimate of drug-likeness (QED) is 0.609. The third-order valence-corrected chi connectivity index (χ3v) is 5.91. The number of rotatable bonds is 7. The van der Waals surface area contributed by atoms with Gasteiger partial charge in [0, 0.05) is 18.5 Å². The molecule has 2 aliphatic carbocycles. The summed E-state index contributed by atoms with van der Waals surface area (Å²) in [5.74, 6) is 0.0811. The predicted octanol–water partition coefficient (Wildman–Crippen LogP) is 5.24. The van der Waals surface area contributed by atoms with Crippen LogP contribution in [-0.2, 0) is 27.0 Å². The van der Waals surface area contributed by atoms with E-state index in [-0.39, 0.29) is 18.3 Å². The Bertz CT molecular complexity index is 823. The minimum Gasteiger partial charge on any atom is -0.500 e. The number of ether oxygens (including phenoxy) is 2. The van der Waals surface area contributed by atoms with Crippen molar-refractivity contribution in [3.05, 3.63) is 58.4 Å². The normalized spacial score (nSPS) is 20.0. The highest BCUT2D eigenvalue weighted by Crippen LogP contribution is 2.39. The minimum absolute atomic E-state index is 0.150. The Morgan fingerprint density at radius 3 is 2.53 bits per heavy atom. The Balaban J connectivity index is 1.90. The van der Waals surface area contributed by atoms with Crippen LogP contribution in [0.5, 0.6) is 0 Å². The average molecular weight is 423 g/mol. The summed E-state index contributed by atoms with van der Waals surface area (Å²) in [7, 11) is 2.89. The number of hydrogen-bond acceptors (Lipinski definition) is 4. The summed E-state index contributed by atoms with van der Waals surface area (Å²) in [6, 6.07) is 4.25. The van der Waals surface area contributed by atoms with Gasteiger partial charge in [-0.25, -0.2) is 0 Å². The monoisotopic (exact) mass is 423 g/mol. The molecular weight excluding hydrogens is 395 g/mol. The van der Waals surface area contributed by atoms with Crippen molar-refractivity contribution in [2.24, 2.45) is 0 Å². The largest absolute Gasteiger partial charge is 0.500 e. The zero-order chi connectivity index (χ0) is 21.7. The number of allylic oxidation sites excluding steroid dienone is 3. The van der Waals surface area contributed by atoms with E-state index in [0.29, 0.717) is 30.3 Å². The van der Waals surface area contributed by atoms with Gasteiger partial charge >= 0.3 is 12.1 Å². The summed E-state index contributed by atoms with van der Waals surface area (Å²) in [5.41, 5.74) is 1.61. The van der Waals surface area contributed by atoms with Gasteiger partial charge in [-0.1, -0.05) is 30.6 Å². The Hall–Kier alpha value is -2.28. The maximum Gasteiger partial charge on any atom is 0.416 e. The molecule has 1 aromatic carbocycles. The van der Waals surface area contributed by atoms with Gasteiger partial charge < -0.3 is 14.8 Å². The topological polar surface area (TPSA) is 47.6 Å². The number of hydrogen-bond donors (Lipinski definition) is 1. The highest BCUT2D eigenvalue weighted by Gasteiger charge is 2.33. The van der Waals surface area contributed by atoms with Crippen molar-refractivity contribution in [3.8, 4) is 0 Å². The Labute approximate surface area is 175 Å². The molecule has 1 aromatic rings. The van der Waals surface area contributed by atoms with Crippen LogP contribution < -0.4 is 5.32 Å². The van der Waals surface area contributed by atoms with Gasteiger partial charge in [-0.2, -0.15) is 13.2 Å². The molecule has 1 saturated carbocycles. The van der Waals surface area contributed by atoms with Crippen LogP contribution >= 0.6 is 0 Å². The van der Waals surface area contributed by atoms with Crippen LogP contribution in [0.25, 0.3) is 0 Å². The third kappa shape index (κ3) is 5.45. The lowest BCUT2D eigenvalue weighted by molar-refractivity contribution is -0.140. The van der Waals surface area contributed by atoms with E-state index in [1.54, 1.807) is 19.3 Å². The number of benzene rings is 1. The van der Waals surface area contributed by atoms with E-state index < -0.39 is 11.7 Å². The fourth-order valence-electron chi connectivity index (χ4n) is 4.27. The lowest BCUT2D eigenvalue weighted by Gasteiger charge is -2.27. The van der Waals surface area contributed by atoms with Gasteiger partial charge in [-0.3, -0.25) is 4.79 Å². The number of alkyl halides is 3. The van der Waals surface area contributed by atoms with Crippen LogP contribution in [0.3, 0.4) is 0 Å². The van der Waals surface area contributed by atoms with E-state index >= 15 is 0 Å². The van der Waals surface area contributed by atoms with Crippen LogP contribution in [0.4, 0.5) is 13.2 Å². The number of esters is 1. The molecule has 1 atom stereocenters. The number of methoxy groups -OCH3 is 2. The second-order valence-corrected chi connectivity index (χ2v) is 7.88. The van der Waals surface area contributed by atoms with E-state index in [1.807, 2.05) is 6.08 Å². The smallest absolute Gasteiger partial charge is 0.416 e. The molecule has 1 unspecified atom stereocenters. The molecule has 0 radical (unpaired) electrons. The molecule has 0 bridgehead atoms. The number of halogens is 3. The van der Waals surface area contributed by atoms with E-state index in [1.165, 1.54) is 13.2 Å². The molecule has 2 aliphatic rings. The number of carbonyl (C=O) groups excluding carboxylic acids is 1. The zero-order valence-electron chi connectivity index (χ0n) is 17.3. The maximum atomic E-state index is 13.4. The van der Waals surface area contributed by atoms with Crippen LogP contribution in [0.15, 0.2) is 41.7 Å². The highest BCUT2D eigenvalue weighted by molar-refractivity contribution is 5.72. The fourth-order valence-corrected chi connectivity index (χ4v) is 4.27. The maximum absolute atomic E-state index is 13.4. The van der Waals surface area contributed by atoms with E-state index in [4.69, 9.17) is 9.47 Å². The molecule has 0 saturated heterocycles. The summed E-state index contributed by atoms with van der Waals surface area (Å²) >= 11 is 0. The van der Waals surface area contributed by atoms with Gasteiger partial charge in [0.1, 0.15) is 5.76 Å². The first-order chi connectivity index (χ1) is 14.3. The van der Waals surface area contributed by atoms with E-state index in [2.05, 4.69) is 5.32 Å². The van der Waals surface area contributed by atoms with Crippen LogP contribution in [0, 0.1) is 0 Å². The zero-order valence-corrected chi connectivity index (χ0v) is 17.3. The first kappa shape index (κ1) is 22.4. The molecule has 30 heavy (non-hydrogen) atoms. The van der Waals surface area contributed by atoms with Crippen molar-refractivity contribution < 1.29 is 27.4 Å². The average Bonchev–Trinajstić information content (AvgIpc) is 3.25. The van der Waals surface area contributed by atoms with Crippen LogP contribution in [-0.4, -0.2) is 26.2 Å². The molecule has 7 heteroatoms. The van der Waals surface area contributed by atoms with Gasteiger partial charge in [-0.15, -0.1) is 0 Å². The van der Waals surface area contributed by atoms with Gasteiger partial charge in [-0.05, 0) is 48.6 Å². The van der Waals surface area contributed by atoms with Crippen LogP contribution in [0.1, 0.15) is 61.1 Å². The molecule has 0 heterocycles. The summed E-state index contributed by atoms with van der Waals surface area (Å²) in [6.45, 7) is 0.369. The molecule has 0 spiro atoms. The molecule has 1 fully saturated rings. The van der Waals surface area contributed by atoms with Crippen molar-refractivity contribution in [2.75, 3.05) is 14.2 Å². The van der Waals surface area contributed by atoms with E-state index in [9.17, 15) is 18.0 Å². The molecule has 0 aromatic heterocycles. The van der Waals surface area contributed by atoms with Crippen molar-refractivity contribution in [1.82, 2.24) is 5.32 Å². The first-order valence-electron chi connectivity index (χ1n) is 10.3. The number of nitrogens with one attached hydrogen (secondary N) is 1. The summed E-state index contributed by atoms with van der Waals surface area (Å²) < 4.78 is 50.3. The third-order valence-electron chi connectivity index (χ3n) is 5.91. The van der Waals surface area contributed by atoms with Crippen molar-refractivity contribution in [3.63, 3.8) is 0 Å². The Morgan fingerprint density at radius 1 is 1.17 bits per heavy atom. The Kier molecular flexibility index (Phi) is 7.23. The van der Waals surface area contributed by atoms with Gasteiger partial charge in [0.25, 0.3) is 0 Å². The van der Waals surface area contributed by atoms with Gasteiger partial charge in [0.05, 0.1) is 26.2 Å². The molecule has 164 valence electrons. The second kappa shape index (κ2) is 9.69. The van der Waals surface area contributed by atoms with Crippen LogP contribution in [0.2, 0.25) is 0 Å². The standard InChI is InChI=1S/C23H28F3NO3/c1-29-21-10-7-15(12-22(28)30-2)11-20(21)19-9-8-17(23(24,25)26)13-16(19)14-27-18-5-3-4-6-18/h7-10,13,18,20,27H,3-6,11-12,14H2,1-2H3. The summed E-state index contributed by atoms with van der Waals surface area (Å²) in [4.78, 5) is 11.7. The SMILES string of the molecule is COC(=O)CC1=CC=C(OC)C(c2ccc(C(F)(F)F)cc2CNC2CCCC2)C1. The molecule has 0 amide bonds. The lowest BCUT2D eigenvalue weighted by Crippen LogP contribution is -2.26. The fraction of sp³-hybridized carbons (Fsp3) is 0.522. The first-order valence-corrected chi connectivity index (χ1v) is 10.3. The number of carbonyl (C=O) groups is 1. The molecular formula is C23H28F3NO3. The van der Waals surface area contributed by atoms with Crippen molar-refractivity contribution in [1.29, 1.82) is 0 Å². The second-order valence-electron chi connectivity index (χ2n) is 7.88. The minimum atomic E-state index is -4.40. The highest BCUT2D eigenvalue weighted by atomic mass is 19.4. The predicted molar refractivity (Wildman–Crippen MR) is 108 cm³/mol. The van der Waals surface area contributed by atoms with Crippen molar-refractivity contribution in [2.45, 2.75) is 63.2 Å². The van der Waals surface area contributed by atoms with Gasteiger partial charge in [0.2, 0.25) is 0 Å². The summed E-state index contributed by atoms with van der Waals surface area (Å²) in [5, 5.41) is 3.43. The van der Waals surface area contributed by atoms with Crippen molar-refractivity contribution >= 4 is 5.97 Å². The van der Waals surface area contributed by atoms with Gasteiger partial charge in [0.15, 0.2) is 0 Å². The molecule has 0 aliphatic heterocycles. The molecule has 1 N–H and O–H groups in total. The summed E-state index contributed by atoms with van der Waals surface area (Å²) in [6.07, 6.45) is 4.25. The molecule has 3 rings (SSSR count). The lowest BCUT2D eigenvalue weighted by atomic mass is 9.82. The molecule has 4 nitrogen and oxygen atoms in total. The Morgan fingerprint density at radius 2 is 1.90 bits per heavy atom. The van der Waals surface area contributed by atoms with E-state index in [0.717, 1.165) is 42.9 Å².